The van der Waals surface area contributed by atoms with Crippen molar-refractivity contribution in [2.75, 3.05) is 16.0 Å². The van der Waals surface area contributed by atoms with Crippen molar-refractivity contribution in [1.29, 1.82) is 0 Å². The Hall–Kier alpha value is -2.82. The summed E-state index contributed by atoms with van der Waals surface area (Å²) in [5, 5.41) is 8.96. The van der Waals surface area contributed by atoms with E-state index >= 15 is 0 Å². The molecule has 2 aromatic carbocycles. The maximum atomic E-state index is 12.4. The monoisotopic (exact) mass is 367 g/mol. The predicted octanol–water partition coefficient (Wildman–Crippen LogP) is 4.67. The third-order valence-corrected chi connectivity index (χ3v) is 4.23. The first-order chi connectivity index (χ1) is 12.7. The van der Waals surface area contributed by atoms with Gasteiger partial charge in [0, 0.05) is 22.5 Å². The fourth-order valence-electron chi connectivity index (χ4n) is 2.36. The zero-order valence-electron chi connectivity index (χ0n) is 16.7. The molecule has 0 heterocycles. The lowest BCUT2D eigenvalue weighted by molar-refractivity contribution is -0.123. The molecular weight excluding hydrogens is 338 g/mol. The fourth-order valence-corrected chi connectivity index (χ4v) is 2.36. The minimum absolute atomic E-state index is 0.0370. The Bertz CT molecular complexity index is 775. The van der Waals surface area contributed by atoms with Gasteiger partial charge in [0.05, 0.1) is 0 Å². The Kier molecular flexibility index (Phi) is 6.61. The lowest BCUT2D eigenvalue weighted by Gasteiger charge is -2.18. The van der Waals surface area contributed by atoms with E-state index in [0.717, 1.165) is 23.5 Å². The highest BCUT2D eigenvalue weighted by Gasteiger charge is 2.21. The smallest absolute Gasteiger partial charge is 0.246 e. The van der Waals surface area contributed by atoms with Crippen molar-refractivity contribution in [3.63, 3.8) is 0 Å². The van der Waals surface area contributed by atoms with E-state index in [2.05, 4.69) is 22.9 Å². The minimum Gasteiger partial charge on any atom is -0.374 e. The van der Waals surface area contributed by atoms with Gasteiger partial charge < -0.3 is 16.0 Å². The van der Waals surface area contributed by atoms with Crippen molar-refractivity contribution in [1.82, 2.24) is 0 Å². The third kappa shape index (κ3) is 6.13. The predicted molar refractivity (Wildman–Crippen MR) is 112 cm³/mol. The standard InChI is InChI=1S/C22H29N3O2/c1-6-16-7-9-18(10-8-16)24-20(26)15(2)23-17-11-13-19(14-12-17)25-21(27)22(3,4)5/h7-15,23H,6H2,1-5H3,(H,24,26)(H,25,27)/t15-/m1/s1. The molecule has 5 nitrogen and oxygen atoms in total. The summed E-state index contributed by atoms with van der Waals surface area (Å²) in [6.45, 7) is 9.52. The molecule has 2 rings (SSSR count). The minimum atomic E-state index is -0.446. The van der Waals surface area contributed by atoms with Crippen LogP contribution in [-0.4, -0.2) is 17.9 Å². The number of benzene rings is 2. The first-order valence-corrected chi connectivity index (χ1v) is 9.27. The largest absolute Gasteiger partial charge is 0.374 e. The summed E-state index contributed by atoms with van der Waals surface area (Å²) in [6.07, 6.45) is 0.971. The maximum Gasteiger partial charge on any atom is 0.246 e. The van der Waals surface area contributed by atoms with E-state index in [1.165, 1.54) is 5.56 Å². The molecule has 5 heteroatoms. The van der Waals surface area contributed by atoms with Gasteiger partial charge in [-0.25, -0.2) is 0 Å². The van der Waals surface area contributed by atoms with Gasteiger partial charge in [-0.15, -0.1) is 0 Å². The first-order valence-electron chi connectivity index (χ1n) is 9.27. The topological polar surface area (TPSA) is 70.2 Å². The van der Waals surface area contributed by atoms with Crippen LogP contribution in [0.2, 0.25) is 0 Å². The molecule has 0 aliphatic heterocycles. The summed E-state index contributed by atoms with van der Waals surface area (Å²) in [4.78, 5) is 24.4. The number of carbonyl (C=O) groups is 2. The van der Waals surface area contributed by atoms with Crippen LogP contribution >= 0.6 is 0 Å². The van der Waals surface area contributed by atoms with Gasteiger partial charge in [-0.1, -0.05) is 39.8 Å². The fraction of sp³-hybridized carbons (Fsp3) is 0.364. The number of aryl methyl sites for hydroxylation is 1. The molecular formula is C22H29N3O2. The van der Waals surface area contributed by atoms with E-state index in [0.29, 0.717) is 0 Å². The van der Waals surface area contributed by atoms with Gasteiger partial charge in [-0.2, -0.15) is 0 Å². The second kappa shape index (κ2) is 8.71. The van der Waals surface area contributed by atoms with Crippen molar-refractivity contribution < 1.29 is 9.59 Å². The van der Waals surface area contributed by atoms with Gasteiger partial charge in [-0.05, 0) is 55.3 Å². The quantitative estimate of drug-likeness (QED) is 0.695. The molecule has 0 radical (unpaired) electrons. The Morgan fingerprint density at radius 2 is 1.33 bits per heavy atom. The van der Waals surface area contributed by atoms with Gasteiger partial charge in [-0.3, -0.25) is 9.59 Å². The second-order valence-electron chi connectivity index (χ2n) is 7.69. The number of hydrogen-bond acceptors (Lipinski definition) is 3. The molecule has 0 aliphatic rings. The Labute approximate surface area is 161 Å². The lowest BCUT2D eigenvalue weighted by atomic mass is 9.95. The van der Waals surface area contributed by atoms with Gasteiger partial charge in [0.15, 0.2) is 0 Å². The summed E-state index contributed by atoms with van der Waals surface area (Å²) in [5.74, 6) is -0.144. The highest BCUT2D eigenvalue weighted by molar-refractivity contribution is 5.96. The van der Waals surface area contributed by atoms with Crippen LogP contribution in [0.15, 0.2) is 48.5 Å². The molecule has 1 atom stereocenters. The zero-order valence-corrected chi connectivity index (χ0v) is 16.7. The highest BCUT2D eigenvalue weighted by atomic mass is 16.2. The second-order valence-corrected chi connectivity index (χ2v) is 7.69. The summed E-state index contributed by atoms with van der Waals surface area (Å²) >= 11 is 0. The van der Waals surface area contributed by atoms with Crippen LogP contribution in [0.3, 0.4) is 0 Å². The van der Waals surface area contributed by atoms with Gasteiger partial charge in [0.2, 0.25) is 11.8 Å². The molecule has 0 bridgehead atoms. The number of nitrogens with one attached hydrogen (secondary N) is 3. The van der Waals surface area contributed by atoms with E-state index < -0.39 is 11.5 Å². The first kappa shape index (κ1) is 20.5. The molecule has 0 saturated carbocycles. The van der Waals surface area contributed by atoms with Crippen LogP contribution in [0.4, 0.5) is 17.1 Å². The van der Waals surface area contributed by atoms with Gasteiger partial charge >= 0.3 is 0 Å². The van der Waals surface area contributed by atoms with Crippen molar-refractivity contribution >= 4 is 28.9 Å². The average molecular weight is 367 g/mol. The van der Waals surface area contributed by atoms with Crippen LogP contribution in [0.1, 0.15) is 40.2 Å². The van der Waals surface area contributed by atoms with Gasteiger partial charge in [0.25, 0.3) is 0 Å². The summed E-state index contributed by atoms with van der Waals surface area (Å²) in [5.41, 5.74) is 3.11. The molecule has 0 spiro atoms. The lowest BCUT2D eigenvalue weighted by Crippen LogP contribution is -2.31. The summed E-state index contributed by atoms with van der Waals surface area (Å²) in [7, 11) is 0. The summed E-state index contributed by atoms with van der Waals surface area (Å²) < 4.78 is 0. The van der Waals surface area contributed by atoms with Crippen LogP contribution in [-0.2, 0) is 16.0 Å². The zero-order chi connectivity index (χ0) is 20.0. The Morgan fingerprint density at radius 1 is 0.852 bits per heavy atom. The van der Waals surface area contributed by atoms with E-state index in [-0.39, 0.29) is 11.8 Å². The van der Waals surface area contributed by atoms with Crippen LogP contribution in [0, 0.1) is 5.41 Å². The molecule has 3 N–H and O–H groups in total. The van der Waals surface area contributed by atoms with Crippen molar-refractivity contribution in [3.8, 4) is 0 Å². The maximum absolute atomic E-state index is 12.4. The molecule has 0 aromatic heterocycles. The van der Waals surface area contributed by atoms with Crippen molar-refractivity contribution in [2.45, 2.75) is 47.1 Å². The molecule has 2 aromatic rings. The molecule has 2 amide bonds. The molecule has 0 unspecified atom stereocenters. The number of carbonyl (C=O) groups excluding carboxylic acids is 2. The molecule has 144 valence electrons. The van der Waals surface area contributed by atoms with Crippen LogP contribution in [0.5, 0.6) is 0 Å². The molecule has 27 heavy (non-hydrogen) atoms. The Morgan fingerprint density at radius 3 is 1.85 bits per heavy atom. The van der Waals surface area contributed by atoms with E-state index in [4.69, 9.17) is 0 Å². The molecule has 0 fully saturated rings. The SMILES string of the molecule is CCc1ccc(NC(=O)[C@@H](C)Nc2ccc(NC(=O)C(C)(C)C)cc2)cc1. The van der Waals surface area contributed by atoms with Crippen molar-refractivity contribution in [3.05, 3.63) is 54.1 Å². The van der Waals surface area contributed by atoms with E-state index in [1.807, 2.05) is 76.2 Å². The van der Waals surface area contributed by atoms with Crippen LogP contribution < -0.4 is 16.0 Å². The third-order valence-electron chi connectivity index (χ3n) is 4.23. The summed E-state index contributed by atoms with van der Waals surface area (Å²) in [6, 6.07) is 14.8. The number of hydrogen-bond donors (Lipinski definition) is 3. The van der Waals surface area contributed by atoms with Crippen molar-refractivity contribution in [2.24, 2.45) is 5.41 Å². The number of amides is 2. The average Bonchev–Trinajstić information content (AvgIpc) is 2.63. The van der Waals surface area contributed by atoms with E-state index in [9.17, 15) is 9.59 Å². The molecule has 0 saturated heterocycles. The molecule has 0 aliphatic carbocycles. The highest BCUT2D eigenvalue weighted by Crippen LogP contribution is 2.19. The van der Waals surface area contributed by atoms with Crippen LogP contribution in [0.25, 0.3) is 0 Å². The number of rotatable bonds is 6. The number of anilines is 3. The normalized spacial score (nSPS) is 12.2. The van der Waals surface area contributed by atoms with E-state index in [1.54, 1.807) is 0 Å². The van der Waals surface area contributed by atoms with Gasteiger partial charge in [0.1, 0.15) is 6.04 Å². The Balaban J connectivity index is 1.91.